The molecule has 132 valence electrons. The second kappa shape index (κ2) is 8.25. The van der Waals surface area contributed by atoms with Crippen LogP contribution in [0.25, 0.3) is 0 Å². The zero-order valence-corrected chi connectivity index (χ0v) is 15.0. The zero-order valence-electron chi connectivity index (χ0n) is 15.0. The van der Waals surface area contributed by atoms with Crippen LogP contribution in [0, 0.1) is 0 Å². The van der Waals surface area contributed by atoms with E-state index in [-0.39, 0.29) is 5.91 Å². The Kier molecular flexibility index (Phi) is 5.59. The summed E-state index contributed by atoms with van der Waals surface area (Å²) in [5, 5.41) is 0. The fraction of sp³-hybridized carbons (Fsp3) is 0.190. The number of nitrogens with zero attached hydrogens (tertiary/aromatic N) is 4. The number of rotatable bonds is 6. The molecule has 5 heteroatoms. The molecule has 3 aromatic rings. The first kappa shape index (κ1) is 17.6. The van der Waals surface area contributed by atoms with E-state index in [4.69, 9.17) is 0 Å². The van der Waals surface area contributed by atoms with Crippen LogP contribution in [-0.4, -0.2) is 29.5 Å². The lowest BCUT2D eigenvalue weighted by Gasteiger charge is -2.23. The summed E-state index contributed by atoms with van der Waals surface area (Å²) in [7, 11) is 1.75. The molecule has 1 aromatic heterocycles. The van der Waals surface area contributed by atoms with Crippen molar-refractivity contribution in [2.45, 2.75) is 13.5 Å². The lowest BCUT2D eigenvalue weighted by Crippen LogP contribution is -2.28. The molecule has 0 aliphatic heterocycles. The molecule has 1 amide bonds. The highest BCUT2D eigenvalue weighted by molar-refractivity contribution is 6.04. The van der Waals surface area contributed by atoms with Gasteiger partial charge in [-0.1, -0.05) is 48.5 Å². The summed E-state index contributed by atoms with van der Waals surface area (Å²) in [5.74, 6) is 0.590. The first-order chi connectivity index (χ1) is 12.7. The molecule has 0 radical (unpaired) electrons. The summed E-state index contributed by atoms with van der Waals surface area (Å²) in [6.45, 7) is 3.59. The molecule has 0 aliphatic rings. The van der Waals surface area contributed by atoms with Crippen molar-refractivity contribution in [3.8, 4) is 0 Å². The molecule has 0 fully saturated rings. The highest BCUT2D eigenvalue weighted by Crippen LogP contribution is 2.18. The normalized spacial score (nSPS) is 10.4. The monoisotopic (exact) mass is 346 g/mol. The zero-order chi connectivity index (χ0) is 18.4. The second-order valence-electron chi connectivity index (χ2n) is 5.96. The lowest BCUT2D eigenvalue weighted by atomic mass is 10.2. The molecule has 0 N–H and O–H groups in total. The molecule has 0 bridgehead atoms. The Morgan fingerprint density at radius 2 is 1.62 bits per heavy atom. The molecule has 0 unspecified atom stereocenters. The Balaban J connectivity index is 1.81. The van der Waals surface area contributed by atoms with Crippen LogP contribution in [0.1, 0.15) is 23.0 Å². The van der Waals surface area contributed by atoms with Gasteiger partial charge in [-0.2, -0.15) is 0 Å². The summed E-state index contributed by atoms with van der Waals surface area (Å²) in [5.41, 5.74) is 2.41. The third-order valence-electron chi connectivity index (χ3n) is 4.24. The van der Waals surface area contributed by atoms with Crippen molar-refractivity contribution in [2.24, 2.45) is 0 Å². The first-order valence-corrected chi connectivity index (χ1v) is 8.63. The number of carbonyl (C=O) groups excluding carboxylic acids is 1. The maximum Gasteiger partial charge on any atom is 0.276 e. The van der Waals surface area contributed by atoms with Gasteiger partial charge in [0.1, 0.15) is 17.8 Å². The number of amides is 1. The maximum absolute atomic E-state index is 12.8. The van der Waals surface area contributed by atoms with Crippen LogP contribution >= 0.6 is 0 Å². The Labute approximate surface area is 153 Å². The highest BCUT2D eigenvalue weighted by Gasteiger charge is 2.17. The Morgan fingerprint density at radius 3 is 2.27 bits per heavy atom. The van der Waals surface area contributed by atoms with Crippen molar-refractivity contribution in [3.05, 3.63) is 84.3 Å². The van der Waals surface area contributed by atoms with Gasteiger partial charge >= 0.3 is 0 Å². The minimum Gasteiger partial charge on any atom is -0.352 e. The smallest absolute Gasteiger partial charge is 0.276 e. The van der Waals surface area contributed by atoms with E-state index in [9.17, 15) is 4.79 Å². The molecule has 5 nitrogen and oxygen atoms in total. The van der Waals surface area contributed by atoms with Crippen molar-refractivity contribution in [2.75, 3.05) is 23.4 Å². The Bertz CT molecular complexity index is 852. The molecule has 0 saturated heterocycles. The Hall–Kier alpha value is -3.21. The van der Waals surface area contributed by atoms with Gasteiger partial charge in [0, 0.05) is 31.9 Å². The molecule has 0 spiro atoms. The van der Waals surface area contributed by atoms with Gasteiger partial charge in [-0.15, -0.1) is 0 Å². The van der Waals surface area contributed by atoms with Gasteiger partial charge in [0.05, 0.1) is 0 Å². The minimum atomic E-state index is -0.157. The van der Waals surface area contributed by atoms with Gasteiger partial charge in [-0.05, 0) is 24.6 Å². The predicted molar refractivity (Wildman–Crippen MR) is 104 cm³/mol. The minimum absolute atomic E-state index is 0.157. The average Bonchev–Trinajstić information content (AvgIpc) is 2.72. The number of para-hydroxylation sites is 1. The van der Waals surface area contributed by atoms with Crippen LogP contribution in [0.15, 0.2) is 73.1 Å². The van der Waals surface area contributed by atoms with Crippen molar-refractivity contribution in [3.63, 3.8) is 0 Å². The third-order valence-corrected chi connectivity index (χ3v) is 4.24. The number of hydrogen-bond donors (Lipinski definition) is 0. The van der Waals surface area contributed by atoms with E-state index in [2.05, 4.69) is 33.9 Å². The molecular weight excluding hydrogens is 324 g/mol. The van der Waals surface area contributed by atoms with Crippen molar-refractivity contribution >= 4 is 17.4 Å². The van der Waals surface area contributed by atoms with E-state index >= 15 is 0 Å². The molecular formula is C21H22N4O. The number of hydrogen-bond acceptors (Lipinski definition) is 4. The van der Waals surface area contributed by atoms with Crippen LogP contribution in [0.5, 0.6) is 0 Å². The van der Waals surface area contributed by atoms with Crippen LogP contribution < -0.4 is 9.80 Å². The quantitative estimate of drug-likeness (QED) is 0.681. The largest absolute Gasteiger partial charge is 0.352 e. The molecule has 2 aromatic carbocycles. The maximum atomic E-state index is 12.8. The number of aromatic nitrogens is 2. The van der Waals surface area contributed by atoms with Gasteiger partial charge in [0.15, 0.2) is 0 Å². The molecule has 26 heavy (non-hydrogen) atoms. The fourth-order valence-electron chi connectivity index (χ4n) is 2.74. The van der Waals surface area contributed by atoms with Crippen LogP contribution in [0.3, 0.4) is 0 Å². The van der Waals surface area contributed by atoms with Crippen molar-refractivity contribution < 1.29 is 4.79 Å². The van der Waals surface area contributed by atoms with Crippen LogP contribution in [-0.2, 0) is 6.54 Å². The van der Waals surface area contributed by atoms with Gasteiger partial charge in [-0.25, -0.2) is 9.97 Å². The van der Waals surface area contributed by atoms with E-state index in [0.717, 1.165) is 24.6 Å². The highest BCUT2D eigenvalue weighted by atomic mass is 16.2. The van der Waals surface area contributed by atoms with Gasteiger partial charge in [-0.3, -0.25) is 4.79 Å². The number of anilines is 2. The molecule has 3 rings (SSSR count). The Morgan fingerprint density at radius 1 is 0.962 bits per heavy atom. The van der Waals surface area contributed by atoms with Crippen molar-refractivity contribution in [1.29, 1.82) is 0 Å². The topological polar surface area (TPSA) is 49.3 Å². The van der Waals surface area contributed by atoms with E-state index in [1.54, 1.807) is 18.0 Å². The summed E-state index contributed by atoms with van der Waals surface area (Å²) in [6, 6.07) is 21.5. The van der Waals surface area contributed by atoms with E-state index in [1.807, 2.05) is 48.5 Å². The van der Waals surface area contributed by atoms with E-state index < -0.39 is 0 Å². The lowest BCUT2D eigenvalue weighted by molar-refractivity contribution is 0.0988. The number of benzene rings is 2. The summed E-state index contributed by atoms with van der Waals surface area (Å²) in [4.78, 5) is 25.0. The first-order valence-electron chi connectivity index (χ1n) is 8.63. The molecule has 0 atom stereocenters. The standard InChI is InChI=1S/C21H22N4O/c1-3-25(15-17-10-6-4-7-11-17)20-14-19(22-16-23-20)21(26)24(2)18-12-8-5-9-13-18/h4-14,16H,3,15H2,1-2H3. The fourth-order valence-corrected chi connectivity index (χ4v) is 2.74. The summed E-state index contributed by atoms with van der Waals surface area (Å²) in [6.07, 6.45) is 1.45. The van der Waals surface area contributed by atoms with E-state index in [1.165, 1.54) is 11.9 Å². The van der Waals surface area contributed by atoms with Gasteiger partial charge < -0.3 is 9.80 Å². The van der Waals surface area contributed by atoms with Crippen molar-refractivity contribution in [1.82, 2.24) is 9.97 Å². The van der Waals surface area contributed by atoms with Crippen LogP contribution in [0.2, 0.25) is 0 Å². The number of carbonyl (C=O) groups is 1. The summed E-state index contributed by atoms with van der Waals surface area (Å²) < 4.78 is 0. The SMILES string of the molecule is CCN(Cc1ccccc1)c1cc(C(=O)N(C)c2ccccc2)ncn1. The second-order valence-corrected chi connectivity index (χ2v) is 5.96. The van der Waals surface area contributed by atoms with Crippen LogP contribution in [0.4, 0.5) is 11.5 Å². The molecule has 0 aliphatic carbocycles. The average molecular weight is 346 g/mol. The van der Waals surface area contributed by atoms with Gasteiger partial charge in [0.2, 0.25) is 0 Å². The van der Waals surface area contributed by atoms with E-state index in [0.29, 0.717) is 5.69 Å². The third kappa shape index (κ3) is 4.06. The molecule has 1 heterocycles. The predicted octanol–water partition coefficient (Wildman–Crippen LogP) is 3.78. The molecule has 0 saturated carbocycles. The van der Waals surface area contributed by atoms with Gasteiger partial charge in [0.25, 0.3) is 5.91 Å². The summed E-state index contributed by atoms with van der Waals surface area (Å²) >= 11 is 0.